The van der Waals surface area contributed by atoms with Crippen molar-refractivity contribution in [2.45, 2.75) is 70.3 Å². The molecule has 2 aliphatic carbocycles. The first kappa shape index (κ1) is 20.2. The summed E-state index contributed by atoms with van der Waals surface area (Å²) in [5.74, 6) is 1.08. The predicted octanol–water partition coefficient (Wildman–Crippen LogP) is 2.13. The summed E-state index contributed by atoms with van der Waals surface area (Å²) in [7, 11) is 0. The van der Waals surface area contributed by atoms with Crippen molar-refractivity contribution >= 4 is 24.2 Å². The number of carbonyl (C=O) groups is 2. The van der Waals surface area contributed by atoms with Crippen molar-refractivity contribution in [3.63, 3.8) is 0 Å². The molecule has 0 radical (unpaired) electrons. The van der Waals surface area contributed by atoms with Crippen LogP contribution in [0.1, 0.15) is 64.2 Å². The first-order valence-corrected chi connectivity index (χ1v) is 8.96. The highest BCUT2D eigenvalue weighted by Crippen LogP contribution is 2.28. The molecule has 0 saturated heterocycles. The molecule has 0 atom stereocenters. The minimum Gasteiger partial charge on any atom is -0.356 e. The van der Waals surface area contributed by atoms with Gasteiger partial charge in [0.2, 0.25) is 11.8 Å². The first-order valence-electron chi connectivity index (χ1n) is 8.96. The molecule has 2 aliphatic rings. The van der Waals surface area contributed by atoms with Crippen molar-refractivity contribution in [1.82, 2.24) is 10.6 Å². The topological polar surface area (TPSA) is 84.2 Å². The van der Waals surface area contributed by atoms with Gasteiger partial charge in [0.1, 0.15) is 0 Å². The summed E-state index contributed by atoms with van der Waals surface area (Å²) >= 11 is 0. The Morgan fingerprint density at radius 2 is 1.65 bits per heavy atom. The second-order valence-corrected chi connectivity index (χ2v) is 6.90. The molecular formula is C17H32ClN3O2. The largest absolute Gasteiger partial charge is 0.356 e. The Morgan fingerprint density at radius 1 is 1.00 bits per heavy atom. The molecule has 2 saturated carbocycles. The van der Waals surface area contributed by atoms with Crippen LogP contribution >= 0.6 is 12.4 Å². The highest BCUT2D eigenvalue weighted by Gasteiger charge is 2.27. The molecule has 2 rings (SSSR count). The summed E-state index contributed by atoms with van der Waals surface area (Å²) in [6, 6.07) is 0.266. The van der Waals surface area contributed by atoms with E-state index in [2.05, 4.69) is 10.6 Å². The molecule has 0 aromatic rings. The Labute approximate surface area is 145 Å². The monoisotopic (exact) mass is 345 g/mol. The van der Waals surface area contributed by atoms with Gasteiger partial charge < -0.3 is 16.4 Å². The van der Waals surface area contributed by atoms with Crippen LogP contribution in [0.25, 0.3) is 0 Å². The Kier molecular flexibility index (Phi) is 9.56. The lowest BCUT2D eigenvalue weighted by Gasteiger charge is -2.28. The van der Waals surface area contributed by atoms with Crippen LogP contribution < -0.4 is 16.4 Å². The van der Waals surface area contributed by atoms with Gasteiger partial charge in [0.05, 0.1) is 0 Å². The third-order valence-electron chi connectivity index (χ3n) is 5.09. The van der Waals surface area contributed by atoms with E-state index in [0.29, 0.717) is 25.4 Å². The van der Waals surface area contributed by atoms with E-state index in [1.807, 2.05) is 0 Å². The molecule has 2 amide bonds. The van der Waals surface area contributed by atoms with Crippen LogP contribution in [0.5, 0.6) is 0 Å². The molecular weight excluding hydrogens is 314 g/mol. The minimum atomic E-state index is 0. The lowest BCUT2D eigenvalue weighted by Crippen LogP contribution is -2.41. The molecule has 23 heavy (non-hydrogen) atoms. The zero-order valence-corrected chi connectivity index (χ0v) is 14.8. The standard InChI is InChI=1S/C17H31N3O2.ClH/c18-10-3-11-19-17(22)14-6-8-15(9-7-14)20-16(21)12-13-4-1-2-5-13;/h13-15H,1-12,18H2,(H,19,22)(H,20,21);1H. The van der Waals surface area contributed by atoms with E-state index < -0.39 is 0 Å². The van der Waals surface area contributed by atoms with Gasteiger partial charge in [0, 0.05) is 24.9 Å². The van der Waals surface area contributed by atoms with Crippen LogP contribution in [-0.2, 0) is 9.59 Å². The Morgan fingerprint density at radius 3 is 2.26 bits per heavy atom. The van der Waals surface area contributed by atoms with E-state index in [-0.39, 0.29) is 36.2 Å². The summed E-state index contributed by atoms with van der Waals surface area (Å²) in [4.78, 5) is 24.0. The molecule has 0 heterocycles. The van der Waals surface area contributed by atoms with Gasteiger partial charge in [-0.3, -0.25) is 9.59 Å². The molecule has 0 aliphatic heterocycles. The van der Waals surface area contributed by atoms with E-state index in [1.54, 1.807) is 0 Å². The van der Waals surface area contributed by atoms with Crippen molar-refractivity contribution in [3.05, 3.63) is 0 Å². The smallest absolute Gasteiger partial charge is 0.223 e. The first-order chi connectivity index (χ1) is 10.7. The number of carbonyl (C=O) groups excluding carboxylic acids is 2. The number of hydrogen-bond donors (Lipinski definition) is 3. The van der Waals surface area contributed by atoms with Gasteiger partial charge in [-0.05, 0) is 57.4 Å². The molecule has 0 aromatic carbocycles. The molecule has 2 fully saturated rings. The molecule has 0 aromatic heterocycles. The quantitative estimate of drug-likeness (QED) is 0.618. The second-order valence-electron chi connectivity index (χ2n) is 6.90. The number of nitrogens with one attached hydrogen (secondary N) is 2. The minimum absolute atomic E-state index is 0. The number of amides is 2. The lowest BCUT2D eigenvalue weighted by molar-refractivity contribution is -0.126. The van der Waals surface area contributed by atoms with Gasteiger partial charge in [-0.2, -0.15) is 0 Å². The zero-order valence-electron chi connectivity index (χ0n) is 14.0. The van der Waals surface area contributed by atoms with Crippen LogP contribution in [0.3, 0.4) is 0 Å². The fraction of sp³-hybridized carbons (Fsp3) is 0.882. The van der Waals surface area contributed by atoms with Crippen LogP contribution in [0.15, 0.2) is 0 Å². The number of halogens is 1. The van der Waals surface area contributed by atoms with Crippen molar-refractivity contribution in [2.75, 3.05) is 13.1 Å². The molecule has 4 N–H and O–H groups in total. The SMILES string of the molecule is Cl.NCCCNC(=O)C1CCC(NC(=O)CC2CCCC2)CC1. The Balaban J connectivity index is 0.00000264. The van der Waals surface area contributed by atoms with Gasteiger partial charge in [-0.25, -0.2) is 0 Å². The number of nitrogens with two attached hydrogens (primary N) is 1. The maximum absolute atomic E-state index is 12.1. The third kappa shape index (κ3) is 7.08. The number of hydrogen-bond acceptors (Lipinski definition) is 3. The highest BCUT2D eigenvalue weighted by molar-refractivity contribution is 5.85. The van der Waals surface area contributed by atoms with Crippen molar-refractivity contribution in [3.8, 4) is 0 Å². The Bertz CT molecular complexity index is 365. The molecule has 6 heteroatoms. The van der Waals surface area contributed by atoms with Crippen LogP contribution in [0.4, 0.5) is 0 Å². The summed E-state index contributed by atoms with van der Waals surface area (Å²) in [6.07, 6.45) is 10.1. The molecule has 134 valence electrons. The molecule has 5 nitrogen and oxygen atoms in total. The molecule has 0 bridgehead atoms. The van der Waals surface area contributed by atoms with Gasteiger partial charge in [0.15, 0.2) is 0 Å². The van der Waals surface area contributed by atoms with E-state index in [0.717, 1.165) is 32.1 Å². The van der Waals surface area contributed by atoms with Crippen molar-refractivity contribution < 1.29 is 9.59 Å². The van der Waals surface area contributed by atoms with E-state index in [4.69, 9.17) is 5.73 Å². The van der Waals surface area contributed by atoms with Crippen molar-refractivity contribution in [2.24, 2.45) is 17.6 Å². The maximum Gasteiger partial charge on any atom is 0.223 e. The average molecular weight is 346 g/mol. The predicted molar refractivity (Wildman–Crippen MR) is 94.4 cm³/mol. The number of rotatable bonds is 7. The zero-order chi connectivity index (χ0) is 15.8. The van der Waals surface area contributed by atoms with E-state index in [1.165, 1.54) is 25.7 Å². The van der Waals surface area contributed by atoms with E-state index >= 15 is 0 Å². The fourth-order valence-corrected chi connectivity index (χ4v) is 3.72. The fourth-order valence-electron chi connectivity index (χ4n) is 3.72. The normalized spacial score (nSPS) is 24.7. The van der Waals surface area contributed by atoms with Crippen molar-refractivity contribution in [1.29, 1.82) is 0 Å². The van der Waals surface area contributed by atoms with Gasteiger partial charge in [-0.15, -0.1) is 12.4 Å². The summed E-state index contributed by atoms with van der Waals surface area (Å²) in [5, 5.41) is 6.12. The van der Waals surface area contributed by atoms with Crippen LogP contribution in [0, 0.1) is 11.8 Å². The lowest BCUT2D eigenvalue weighted by atomic mass is 9.85. The van der Waals surface area contributed by atoms with Gasteiger partial charge >= 0.3 is 0 Å². The molecule has 0 unspecified atom stereocenters. The summed E-state index contributed by atoms with van der Waals surface area (Å²) in [6.45, 7) is 1.29. The summed E-state index contributed by atoms with van der Waals surface area (Å²) in [5.41, 5.74) is 5.42. The average Bonchev–Trinajstić information content (AvgIpc) is 3.01. The van der Waals surface area contributed by atoms with Crippen LogP contribution in [-0.4, -0.2) is 30.9 Å². The van der Waals surface area contributed by atoms with Gasteiger partial charge in [0.25, 0.3) is 0 Å². The second kappa shape index (κ2) is 10.9. The van der Waals surface area contributed by atoms with E-state index in [9.17, 15) is 9.59 Å². The maximum atomic E-state index is 12.1. The Hall–Kier alpha value is -0.810. The highest BCUT2D eigenvalue weighted by atomic mass is 35.5. The third-order valence-corrected chi connectivity index (χ3v) is 5.09. The van der Waals surface area contributed by atoms with Gasteiger partial charge in [-0.1, -0.05) is 12.8 Å². The molecule has 0 spiro atoms. The van der Waals surface area contributed by atoms with Crippen LogP contribution in [0.2, 0.25) is 0 Å². The summed E-state index contributed by atoms with van der Waals surface area (Å²) < 4.78 is 0.